The van der Waals surface area contributed by atoms with Crippen LogP contribution in [0.15, 0.2) is 109 Å². The fourth-order valence-corrected chi connectivity index (χ4v) is 23.7. The predicted molar refractivity (Wildman–Crippen MR) is 514 cm³/mol. The van der Waals surface area contributed by atoms with Gasteiger partial charge in [0.2, 0.25) is 0 Å². The van der Waals surface area contributed by atoms with Crippen molar-refractivity contribution in [3.05, 3.63) is 141 Å². The number of hydrogen-bond acceptors (Lipinski definition) is 23. The molecule has 128 heavy (non-hydrogen) atoms. The molecule has 21 nitrogen and oxygen atoms in total. The molecular formula is C102H150N3O18S3Si2+. The van der Waals surface area contributed by atoms with Gasteiger partial charge in [-0.3, -0.25) is 28.8 Å². The van der Waals surface area contributed by atoms with Crippen molar-refractivity contribution in [2.24, 2.45) is 56.7 Å². The van der Waals surface area contributed by atoms with Gasteiger partial charge in [0.05, 0.1) is 132 Å². The highest BCUT2D eigenvalue weighted by Gasteiger charge is 2.58. The van der Waals surface area contributed by atoms with Crippen LogP contribution in [0, 0.1) is 70.1 Å². The zero-order valence-electron chi connectivity index (χ0n) is 80.9. The number of benzene rings is 3. The number of rotatable bonds is 13. The van der Waals surface area contributed by atoms with Gasteiger partial charge in [0.15, 0.2) is 16.6 Å². The lowest BCUT2D eigenvalue weighted by molar-refractivity contribution is -0.158. The minimum absolute atomic E-state index is 0.0403. The molecule has 7 aliphatic rings. The molecular weight excluding hydrogens is 1710 g/mol. The van der Waals surface area contributed by atoms with Gasteiger partial charge in [-0.05, 0) is 206 Å². The number of carbonyl (C=O) groups is 6. The number of thiazole rings is 2. The number of aliphatic hydroxyl groups is 4. The molecule has 0 unspecified atom stereocenters. The number of ketones is 3. The lowest BCUT2D eigenvalue weighted by Gasteiger charge is -2.45. The third-order valence-electron chi connectivity index (χ3n) is 30.0. The van der Waals surface area contributed by atoms with E-state index in [0.29, 0.717) is 38.5 Å². The molecule has 6 saturated heterocycles. The average Bonchev–Trinajstić information content (AvgIpc) is 1.68. The number of aromatic nitrogens is 2. The van der Waals surface area contributed by atoms with E-state index in [0.717, 1.165) is 120 Å². The van der Waals surface area contributed by atoms with Gasteiger partial charge in [-0.2, -0.15) is 4.99 Å². The number of fused-ring (bicyclic) bond motifs is 6. The Hall–Kier alpha value is -6.09. The smallest absolute Gasteiger partial charge is 0.317 e. The van der Waals surface area contributed by atoms with Crippen LogP contribution in [0.2, 0.25) is 36.3 Å². The van der Waals surface area contributed by atoms with Crippen molar-refractivity contribution in [2.45, 2.75) is 380 Å². The quantitative estimate of drug-likeness (QED) is 0.0162. The van der Waals surface area contributed by atoms with Crippen molar-refractivity contribution in [3.8, 4) is 0 Å². The molecule has 7 aliphatic heterocycles. The van der Waals surface area contributed by atoms with Crippen LogP contribution < -0.4 is 5.36 Å². The molecule has 12 rings (SSSR count). The lowest BCUT2D eigenvalue weighted by atomic mass is 9.71. The van der Waals surface area contributed by atoms with Crippen molar-refractivity contribution in [3.63, 3.8) is 0 Å². The second kappa shape index (κ2) is 41.0. The minimum atomic E-state index is -2.43. The van der Waals surface area contributed by atoms with E-state index in [4.69, 9.17) is 37.3 Å². The van der Waals surface area contributed by atoms with Gasteiger partial charge in [-0.15, -0.1) is 42.4 Å². The van der Waals surface area contributed by atoms with Crippen LogP contribution in [-0.4, -0.2) is 154 Å². The Morgan fingerprint density at radius 2 is 0.852 bits per heavy atom. The van der Waals surface area contributed by atoms with Crippen LogP contribution in [0.5, 0.6) is 0 Å². The van der Waals surface area contributed by atoms with Crippen molar-refractivity contribution in [2.75, 3.05) is 0 Å². The number of aryl methyl sites for hydroxylation is 2. The monoisotopic (exact) mass is 1860 g/mol. The highest BCUT2D eigenvalue weighted by molar-refractivity contribution is 7.74. The van der Waals surface area contributed by atoms with Gasteiger partial charge < -0.3 is 57.7 Å². The molecule has 706 valence electrons. The van der Waals surface area contributed by atoms with Crippen molar-refractivity contribution < 1.29 is 86.5 Å². The Morgan fingerprint density at radius 3 is 1.25 bits per heavy atom. The van der Waals surface area contributed by atoms with Crippen molar-refractivity contribution in [1.29, 1.82) is 0 Å². The summed E-state index contributed by atoms with van der Waals surface area (Å²) in [5, 5.41) is 48.5. The van der Waals surface area contributed by atoms with E-state index in [-0.39, 0.29) is 106 Å². The number of aliphatic hydroxyl groups excluding tert-OH is 4. The van der Waals surface area contributed by atoms with Gasteiger partial charge in [0.1, 0.15) is 41.0 Å². The van der Waals surface area contributed by atoms with Gasteiger partial charge >= 0.3 is 22.9 Å². The maximum absolute atomic E-state index is 14.4. The fraction of sp³-hybridized carbons (Fsp3) is 0.667. The average molecular weight is 1860 g/mol. The maximum atomic E-state index is 14.4. The molecule has 4 N–H and O–H groups in total. The van der Waals surface area contributed by atoms with Crippen LogP contribution >= 0.6 is 22.7 Å². The lowest BCUT2D eigenvalue weighted by Crippen LogP contribution is -2.53. The number of esters is 3. The molecule has 0 radical (unpaired) electrons. The summed E-state index contributed by atoms with van der Waals surface area (Å²) in [6.07, 6.45) is 7.39. The summed E-state index contributed by atoms with van der Waals surface area (Å²) in [6, 6.07) is 17.9. The third-order valence-corrected chi connectivity index (χ3v) is 41.7. The summed E-state index contributed by atoms with van der Waals surface area (Å²) in [5.74, 6) is -4.02. The molecule has 0 amide bonds. The molecule has 5 aromatic rings. The minimum Gasteiger partial charge on any atom is -0.457 e. The standard InChI is InChI=1S/C36H55NO6SSi.C36H54NO6SSi.C30H41NO6S/c1-12-14-25-32(39)22(2)15-13-18-36(9)30(42-36)20-27(24-16-17-28-26(19-24)37-23(3)44-28)41-31(38)21-29(35(7,8)33(25)40)43-45(10,11)34(4,5)6;1-12-14-25-32(43-45(10,11)34(4,5)6)22(2)15-13-18-36(9)30(42-36)20-27(24-16-17-28-26(19-24)37-23(3)44-28)41-31(39)21-29(38)35(7,8)33(25)40;1-7-9-20-27(34)17(2)10-8-13-30(6)25(37-30)15-22(19-11-12-23-21(14-19)31-18(3)38-23)36-26(33)16-24(32)29(4,5)28(20)35/h12,16-17,19,22,25,27,29-30,32,39H,1,13-15,18,20-21H2,2-11H3;12,16-17,19,22,25,27,29-30,32,38H,1,3,13-15,18,20-21H2,2,4-11H3;7,11-12,14,17,20,22,24-25,27,32,34H,1,8-10,13,15-16H2,2-6H3/q;+1;/t2*22-,25+,27-,29-,30-,32-,36+;17-,20+,22-,24-,25-,27-,30+/m000/s1. The topological polar surface area (TPSA) is 305 Å². The highest BCUT2D eigenvalue weighted by Crippen LogP contribution is 2.53. The number of cyclic esters (lactones) is 3. The largest absolute Gasteiger partial charge is 0.457 e. The van der Waals surface area contributed by atoms with Gasteiger partial charge in [-0.1, -0.05) is 153 Å². The molecule has 9 heterocycles. The number of nitrogens with zero attached hydrogens (tertiary/aromatic N) is 3. The first-order chi connectivity index (χ1) is 59.4. The molecule has 0 bridgehead atoms. The number of ether oxygens (including phenoxy) is 6. The summed E-state index contributed by atoms with van der Waals surface area (Å²) >= 11 is 4.77. The molecule has 2 aromatic heterocycles. The number of Topliss-reactive ketones (excluding diaryl/α,β-unsaturated/α-hetero) is 3. The first kappa shape index (κ1) is 104. The normalized spacial score (nSPS) is 33.2. The maximum Gasteiger partial charge on any atom is 0.317 e. The van der Waals surface area contributed by atoms with E-state index >= 15 is 0 Å². The number of allylic oxidation sites excluding steroid dienone is 3. The Kier molecular flexibility index (Phi) is 33.3. The second-order valence-corrected chi connectivity index (χ2v) is 56.3. The van der Waals surface area contributed by atoms with Crippen LogP contribution in [0.4, 0.5) is 0 Å². The van der Waals surface area contributed by atoms with E-state index < -0.39 is 117 Å². The van der Waals surface area contributed by atoms with E-state index in [9.17, 15) is 49.2 Å². The zero-order valence-corrected chi connectivity index (χ0v) is 85.4. The third kappa shape index (κ3) is 24.7. The van der Waals surface area contributed by atoms with Crippen molar-refractivity contribution in [1.82, 2.24) is 9.97 Å². The SMILES string of the molecule is C=CC[C@H]1C(=O)C(C)(C)[C@@H](O)CC(=O)O[C@H](c2ccc3c(c2)=NC(=C)[S+]=3)C[C@@H]2O[C@]2(C)CCC[C@H](C)[C@@H]1O[Si](C)(C)C(C)(C)C.C=CC[C@H]1C(=O)C(C)(C)[C@@H](O)CC(=O)O[C@H](c2ccc3sc(C)nc3c2)C[C@@H]2O[C@]2(C)CCC[C@H](C)[C@@H]1O.C=CC[C@H]1C(=O)C(C)(C)[C@@H](O[Si](C)(C)C(C)(C)C)CC(=O)O[C@H](c2ccc3sc(C)nc3c2)C[C@@H]2O[C@]2(C)CCC[C@H](C)[C@@H]1O. The van der Waals surface area contributed by atoms with Crippen LogP contribution in [0.25, 0.3) is 20.4 Å². The molecule has 0 spiro atoms. The Morgan fingerprint density at radius 1 is 0.500 bits per heavy atom. The summed E-state index contributed by atoms with van der Waals surface area (Å²) < 4.78 is 54.2. The van der Waals surface area contributed by atoms with E-state index in [1.165, 1.54) is 11.4 Å². The zero-order chi connectivity index (χ0) is 94.9. The number of carbonyl (C=O) groups excluding carboxylic acids is 6. The number of epoxide rings is 3. The second-order valence-electron chi connectivity index (χ2n) is 43.2. The van der Waals surface area contributed by atoms with Crippen LogP contribution in [0.3, 0.4) is 0 Å². The summed E-state index contributed by atoms with van der Waals surface area (Å²) in [6.45, 7) is 64.2. The van der Waals surface area contributed by atoms with Gasteiger partial charge in [0.25, 0.3) is 15.9 Å². The molecule has 0 saturated carbocycles. The first-order valence-corrected chi connectivity index (χ1v) is 54.8. The van der Waals surface area contributed by atoms with Crippen molar-refractivity contribution >= 4 is 106 Å². The molecule has 21 atom stereocenters. The molecule has 6 fully saturated rings. The first-order valence-electron chi connectivity index (χ1n) is 46.6. The number of hydrogen-bond donors (Lipinski definition) is 4. The Bertz CT molecular complexity index is 5000. The van der Waals surface area contributed by atoms with E-state index in [1.807, 2.05) is 96.1 Å². The highest BCUT2D eigenvalue weighted by atomic mass is 32.1. The fourth-order valence-electron chi connectivity index (χ4n) is 18.4. The summed E-state index contributed by atoms with van der Waals surface area (Å²) in [4.78, 5) is 96.8. The Labute approximate surface area is 775 Å². The molecule has 26 heteroatoms. The van der Waals surface area contributed by atoms with E-state index in [1.54, 1.807) is 68.6 Å². The summed E-state index contributed by atoms with van der Waals surface area (Å²) in [7, 11) is -4.69. The molecule has 0 aliphatic carbocycles. The Balaban J connectivity index is 0.000000201. The van der Waals surface area contributed by atoms with Gasteiger partial charge in [-0.25, -0.2) is 9.97 Å². The van der Waals surface area contributed by atoms with E-state index in [2.05, 4.69) is 137 Å². The molecule has 3 aromatic carbocycles. The predicted octanol–water partition coefficient (Wildman–Crippen LogP) is 20.9. The van der Waals surface area contributed by atoms with Crippen LogP contribution in [0.1, 0.15) is 285 Å². The van der Waals surface area contributed by atoms with Crippen LogP contribution in [-0.2, 0) is 77.4 Å². The summed E-state index contributed by atoms with van der Waals surface area (Å²) in [5.41, 5.74) is -0.190. The van der Waals surface area contributed by atoms with Gasteiger partial charge in [0, 0.05) is 48.5 Å².